The number of para-hydroxylation sites is 2. The van der Waals surface area contributed by atoms with Crippen LogP contribution in [0.5, 0.6) is 5.75 Å². The molecule has 0 saturated heterocycles. The van der Waals surface area contributed by atoms with Crippen molar-refractivity contribution in [1.82, 2.24) is 4.98 Å². The number of hydrogen-bond donors (Lipinski definition) is 2. The molecule has 0 spiro atoms. The highest BCUT2D eigenvalue weighted by atomic mass is 32.2. The zero-order valence-electron chi connectivity index (χ0n) is 23.2. The Balaban J connectivity index is 1.18. The van der Waals surface area contributed by atoms with E-state index in [1.54, 1.807) is 31.4 Å². The summed E-state index contributed by atoms with van der Waals surface area (Å²) in [4.78, 5) is 31.9. The molecule has 0 radical (unpaired) electrons. The van der Waals surface area contributed by atoms with Gasteiger partial charge in [-0.25, -0.2) is 4.98 Å². The van der Waals surface area contributed by atoms with E-state index < -0.39 is 5.25 Å². The molecule has 1 atom stereocenters. The quantitative estimate of drug-likeness (QED) is 0.166. The van der Waals surface area contributed by atoms with Crippen LogP contribution in [0.25, 0.3) is 22.6 Å². The molecule has 0 aliphatic heterocycles. The first-order valence-corrected chi connectivity index (χ1v) is 14.5. The molecule has 5 aromatic carbocycles. The van der Waals surface area contributed by atoms with Crippen molar-refractivity contribution in [1.29, 1.82) is 0 Å². The third-order valence-electron chi connectivity index (χ3n) is 6.71. The maximum atomic E-state index is 13.7. The first kappa shape index (κ1) is 27.8. The van der Waals surface area contributed by atoms with Crippen LogP contribution in [-0.2, 0) is 4.79 Å². The van der Waals surface area contributed by atoms with Gasteiger partial charge in [-0.1, -0.05) is 54.6 Å². The van der Waals surface area contributed by atoms with Crippen molar-refractivity contribution in [3.05, 3.63) is 139 Å². The van der Waals surface area contributed by atoms with Crippen LogP contribution in [0.2, 0.25) is 0 Å². The lowest BCUT2D eigenvalue weighted by Gasteiger charge is -2.18. The van der Waals surface area contributed by atoms with Crippen molar-refractivity contribution in [2.45, 2.75) is 10.1 Å². The van der Waals surface area contributed by atoms with Crippen LogP contribution in [0.4, 0.5) is 11.4 Å². The summed E-state index contributed by atoms with van der Waals surface area (Å²) in [6.45, 7) is 0. The number of carbonyl (C=O) groups is 2. The molecule has 7 nitrogen and oxygen atoms in total. The number of methoxy groups -OCH3 is 1. The van der Waals surface area contributed by atoms with Crippen molar-refractivity contribution >= 4 is 46.1 Å². The normalized spacial score (nSPS) is 11.6. The number of carbonyl (C=O) groups excluding carboxylic acids is 2. The van der Waals surface area contributed by atoms with Gasteiger partial charge in [-0.3, -0.25) is 9.59 Å². The number of rotatable bonds is 9. The van der Waals surface area contributed by atoms with Gasteiger partial charge in [0.25, 0.3) is 5.91 Å². The standard InChI is InChI=1S/C35H27N3O4S/c1-41-28-13-7-11-25(21-28)33(39)37-27-12-8-14-29(22-27)43-32(23-9-3-2-4-10-23)34(40)36-26-19-17-24(18-20-26)35-38-30-15-5-6-16-31(30)42-35/h2-22,32H,1H3,(H,36,40)(H,37,39). The van der Waals surface area contributed by atoms with Crippen molar-refractivity contribution in [3.8, 4) is 17.2 Å². The molecule has 0 bridgehead atoms. The molecule has 2 N–H and O–H groups in total. The Kier molecular flexibility index (Phi) is 8.19. The molecule has 8 heteroatoms. The van der Waals surface area contributed by atoms with E-state index >= 15 is 0 Å². The van der Waals surface area contributed by atoms with Gasteiger partial charge in [-0.05, 0) is 78.4 Å². The van der Waals surface area contributed by atoms with Crippen LogP contribution in [-0.4, -0.2) is 23.9 Å². The van der Waals surface area contributed by atoms with E-state index in [1.165, 1.54) is 11.8 Å². The third kappa shape index (κ3) is 6.60. The largest absolute Gasteiger partial charge is 0.497 e. The molecule has 2 amide bonds. The fourth-order valence-corrected chi connectivity index (χ4v) is 5.63. The third-order valence-corrected chi connectivity index (χ3v) is 7.96. The monoisotopic (exact) mass is 585 g/mol. The second kappa shape index (κ2) is 12.7. The average Bonchev–Trinajstić information content (AvgIpc) is 3.49. The summed E-state index contributed by atoms with van der Waals surface area (Å²) in [5.74, 6) is 0.709. The van der Waals surface area contributed by atoms with Crippen LogP contribution >= 0.6 is 11.8 Å². The SMILES string of the molecule is COc1cccc(C(=O)Nc2cccc(SC(C(=O)Nc3ccc(-c4nc5ccccc5o4)cc3)c3ccccc3)c2)c1. The lowest BCUT2D eigenvalue weighted by Crippen LogP contribution is -2.19. The van der Waals surface area contributed by atoms with Gasteiger partial charge in [-0.2, -0.15) is 0 Å². The summed E-state index contributed by atoms with van der Waals surface area (Å²) in [7, 11) is 1.56. The van der Waals surface area contributed by atoms with Crippen molar-refractivity contribution in [3.63, 3.8) is 0 Å². The first-order valence-electron chi connectivity index (χ1n) is 13.6. The van der Waals surface area contributed by atoms with Crippen molar-refractivity contribution in [2.75, 3.05) is 17.7 Å². The van der Waals surface area contributed by atoms with Crippen molar-refractivity contribution in [2.24, 2.45) is 0 Å². The molecule has 0 fully saturated rings. The van der Waals surface area contributed by atoms with Crippen LogP contribution < -0.4 is 15.4 Å². The maximum Gasteiger partial charge on any atom is 0.255 e. The highest BCUT2D eigenvalue weighted by Crippen LogP contribution is 2.37. The smallest absolute Gasteiger partial charge is 0.255 e. The van der Waals surface area contributed by atoms with E-state index in [9.17, 15) is 9.59 Å². The Bertz CT molecular complexity index is 1850. The Labute approximate surface area is 252 Å². The molecular formula is C35H27N3O4S. The van der Waals surface area contributed by atoms with E-state index in [1.807, 2.05) is 103 Å². The summed E-state index contributed by atoms with van der Waals surface area (Å²) in [5.41, 5.74) is 4.96. The number of fused-ring (bicyclic) bond motifs is 1. The molecule has 1 aromatic heterocycles. The highest BCUT2D eigenvalue weighted by Gasteiger charge is 2.23. The van der Waals surface area contributed by atoms with Crippen molar-refractivity contribution < 1.29 is 18.7 Å². The fourth-order valence-electron chi connectivity index (χ4n) is 4.55. The lowest BCUT2D eigenvalue weighted by atomic mass is 10.1. The van der Waals surface area contributed by atoms with E-state index in [4.69, 9.17) is 9.15 Å². The molecular weight excluding hydrogens is 558 g/mol. The summed E-state index contributed by atoms with van der Waals surface area (Å²) in [5, 5.41) is 5.45. The molecule has 0 aliphatic carbocycles. The van der Waals surface area contributed by atoms with E-state index in [0.29, 0.717) is 28.6 Å². The van der Waals surface area contributed by atoms with Gasteiger partial charge in [0, 0.05) is 27.4 Å². The fraction of sp³-hybridized carbons (Fsp3) is 0.0571. The number of ether oxygens (including phenoxy) is 1. The molecule has 0 aliphatic rings. The van der Waals surface area contributed by atoms with Crippen LogP contribution in [0.15, 0.2) is 137 Å². The maximum absolute atomic E-state index is 13.7. The number of aromatic nitrogens is 1. The Morgan fingerprint density at radius 2 is 1.53 bits per heavy atom. The predicted molar refractivity (Wildman–Crippen MR) is 171 cm³/mol. The topological polar surface area (TPSA) is 93.5 Å². The van der Waals surface area contributed by atoms with E-state index in [0.717, 1.165) is 27.1 Å². The summed E-state index contributed by atoms with van der Waals surface area (Å²) < 4.78 is 11.1. The minimum absolute atomic E-state index is 0.170. The van der Waals surface area contributed by atoms with Gasteiger partial charge >= 0.3 is 0 Å². The Morgan fingerprint density at radius 1 is 0.767 bits per heavy atom. The van der Waals surface area contributed by atoms with E-state index in [-0.39, 0.29) is 11.8 Å². The molecule has 6 aromatic rings. The Hall–Kier alpha value is -5.34. The number of nitrogens with one attached hydrogen (secondary N) is 2. The molecule has 43 heavy (non-hydrogen) atoms. The molecule has 1 heterocycles. The number of oxazole rings is 1. The molecule has 212 valence electrons. The zero-order valence-corrected chi connectivity index (χ0v) is 24.0. The van der Waals surface area contributed by atoms with Crippen LogP contribution in [0.3, 0.4) is 0 Å². The van der Waals surface area contributed by atoms with Gasteiger partial charge in [0.05, 0.1) is 7.11 Å². The number of nitrogens with zero attached hydrogens (tertiary/aromatic N) is 1. The van der Waals surface area contributed by atoms with Gasteiger partial charge in [0.1, 0.15) is 16.5 Å². The number of amides is 2. The van der Waals surface area contributed by atoms with Gasteiger partial charge in [0.15, 0.2) is 5.58 Å². The van der Waals surface area contributed by atoms with Gasteiger partial charge < -0.3 is 19.8 Å². The number of benzene rings is 5. The van der Waals surface area contributed by atoms with Gasteiger partial charge in [0.2, 0.25) is 11.8 Å². The second-order valence-electron chi connectivity index (χ2n) is 9.68. The molecule has 1 unspecified atom stereocenters. The lowest BCUT2D eigenvalue weighted by molar-refractivity contribution is -0.115. The summed E-state index contributed by atoms with van der Waals surface area (Å²) >= 11 is 1.41. The number of anilines is 2. The summed E-state index contributed by atoms with van der Waals surface area (Å²) in [6.07, 6.45) is 0. The van der Waals surface area contributed by atoms with E-state index in [2.05, 4.69) is 15.6 Å². The zero-order chi connectivity index (χ0) is 29.6. The predicted octanol–water partition coefficient (Wildman–Crippen LogP) is 8.23. The Morgan fingerprint density at radius 3 is 2.33 bits per heavy atom. The summed E-state index contributed by atoms with van der Waals surface area (Å²) in [6, 6.07) is 39.1. The number of hydrogen-bond acceptors (Lipinski definition) is 6. The molecule has 0 saturated carbocycles. The average molecular weight is 586 g/mol. The van der Waals surface area contributed by atoms with Crippen LogP contribution in [0, 0.1) is 0 Å². The first-order chi connectivity index (χ1) is 21.1. The number of thioether (sulfide) groups is 1. The minimum Gasteiger partial charge on any atom is -0.497 e. The van der Waals surface area contributed by atoms with Gasteiger partial charge in [-0.15, -0.1) is 11.8 Å². The van der Waals surface area contributed by atoms with Crippen LogP contribution in [0.1, 0.15) is 21.2 Å². The minimum atomic E-state index is -0.540. The molecule has 6 rings (SSSR count). The highest BCUT2D eigenvalue weighted by molar-refractivity contribution is 8.00. The second-order valence-corrected chi connectivity index (χ2v) is 10.9.